The molecule has 10 heteroatoms. The lowest BCUT2D eigenvalue weighted by Crippen LogP contribution is -2.49. The second-order valence-corrected chi connectivity index (χ2v) is 11.3. The third-order valence-corrected chi connectivity index (χ3v) is 8.79. The monoisotopic (exact) mass is 564 g/mol. The zero-order valence-corrected chi connectivity index (χ0v) is 24.1. The molecule has 1 aliphatic heterocycles. The maximum Gasteiger partial charge on any atom is 0.255 e. The summed E-state index contributed by atoms with van der Waals surface area (Å²) in [6, 6.07) is 15.2. The maximum atomic E-state index is 12.9. The zero-order valence-electron chi connectivity index (χ0n) is 24.1. The molecule has 0 bridgehead atoms. The topological polar surface area (TPSA) is 125 Å². The predicted octanol–water partition coefficient (Wildman–Crippen LogP) is 4.54. The number of nitrogen functional groups attached to an aromatic ring is 1. The Morgan fingerprint density at radius 1 is 1.02 bits per heavy atom. The number of ether oxygens (including phenoxy) is 1. The summed E-state index contributed by atoms with van der Waals surface area (Å²) < 4.78 is 7.98. The molecule has 2 fully saturated rings. The van der Waals surface area contributed by atoms with E-state index in [4.69, 9.17) is 15.7 Å². The van der Waals surface area contributed by atoms with Crippen LogP contribution in [0.1, 0.15) is 47.6 Å². The molecule has 2 aliphatic rings. The van der Waals surface area contributed by atoms with Crippen molar-refractivity contribution >= 4 is 28.4 Å². The van der Waals surface area contributed by atoms with Gasteiger partial charge >= 0.3 is 0 Å². The van der Waals surface area contributed by atoms with Crippen LogP contribution in [0.15, 0.2) is 55.0 Å². The minimum atomic E-state index is -0.285. The van der Waals surface area contributed by atoms with Crippen LogP contribution in [0.3, 0.4) is 0 Å². The minimum Gasteiger partial charge on any atom is -0.495 e. The van der Waals surface area contributed by atoms with Crippen molar-refractivity contribution < 1.29 is 9.53 Å². The van der Waals surface area contributed by atoms with Gasteiger partial charge in [0.05, 0.1) is 29.8 Å². The first-order valence-electron chi connectivity index (χ1n) is 14.5. The van der Waals surface area contributed by atoms with Crippen molar-refractivity contribution in [2.24, 2.45) is 0 Å². The number of aromatic nitrogens is 3. The Balaban J connectivity index is 1.25. The third-order valence-electron chi connectivity index (χ3n) is 8.79. The molecule has 1 saturated carbocycles. The fraction of sp³-hybridized carbons (Fsp3) is 0.375. The van der Waals surface area contributed by atoms with E-state index in [1.54, 1.807) is 31.4 Å². The van der Waals surface area contributed by atoms with Gasteiger partial charge in [-0.3, -0.25) is 9.69 Å². The number of hydrogen-bond acceptors (Lipinski definition) is 8. The van der Waals surface area contributed by atoms with Gasteiger partial charge < -0.3 is 25.3 Å². The number of nitrogens with two attached hydrogens (primary N) is 1. The molecular weight excluding hydrogens is 528 g/mol. The summed E-state index contributed by atoms with van der Waals surface area (Å²) in [6.07, 6.45) is 8.22. The van der Waals surface area contributed by atoms with Gasteiger partial charge in [-0.25, -0.2) is 9.97 Å². The first kappa shape index (κ1) is 27.7. The van der Waals surface area contributed by atoms with Crippen molar-refractivity contribution in [3.63, 3.8) is 0 Å². The largest absolute Gasteiger partial charge is 0.495 e. The molecule has 0 unspecified atom stereocenters. The normalized spacial score (nSPS) is 19.8. The highest BCUT2D eigenvalue weighted by atomic mass is 16.5. The van der Waals surface area contributed by atoms with Crippen LogP contribution < -0.4 is 15.8 Å². The number of nitrogens with one attached hydrogen (secondary N) is 1. The quantitative estimate of drug-likeness (QED) is 0.350. The molecule has 1 saturated heterocycles. The Morgan fingerprint density at radius 2 is 1.74 bits per heavy atom. The van der Waals surface area contributed by atoms with Crippen molar-refractivity contribution in [1.29, 1.82) is 5.26 Å². The molecule has 0 atom stereocenters. The average Bonchev–Trinajstić information content (AvgIpc) is 3.43. The molecule has 0 spiro atoms. The van der Waals surface area contributed by atoms with E-state index in [9.17, 15) is 4.79 Å². The summed E-state index contributed by atoms with van der Waals surface area (Å²) in [6.45, 7) is 4.59. The smallest absolute Gasteiger partial charge is 0.255 e. The fourth-order valence-electron chi connectivity index (χ4n) is 6.35. The Labute approximate surface area is 245 Å². The summed E-state index contributed by atoms with van der Waals surface area (Å²) in [4.78, 5) is 26.9. The Kier molecular flexibility index (Phi) is 7.78. The molecule has 10 nitrogen and oxygen atoms in total. The van der Waals surface area contributed by atoms with Crippen LogP contribution in [0.4, 0.5) is 11.5 Å². The van der Waals surface area contributed by atoms with E-state index < -0.39 is 0 Å². The molecular formula is C32H36N8O2. The summed E-state index contributed by atoms with van der Waals surface area (Å²) in [5.41, 5.74) is 10.6. The molecule has 4 aromatic rings. The van der Waals surface area contributed by atoms with Crippen LogP contribution in [0.2, 0.25) is 0 Å². The number of nitrogens with zero attached hydrogens (tertiary/aromatic N) is 6. The van der Waals surface area contributed by atoms with Crippen LogP contribution in [0.25, 0.3) is 22.2 Å². The molecule has 3 N–H and O–H groups in total. The lowest BCUT2D eigenvalue weighted by atomic mass is 9.89. The molecule has 42 heavy (non-hydrogen) atoms. The molecule has 2 aromatic heterocycles. The van der Waals surface area contributed by atoms with Crippen molar-refractivity contribution in [1.82, 2.24) is 24.3 Å². The van der Waals surface area contributed by atoms with Crippen molar-refractivity contribution in [3.05, 3.63) is 66.1 Å². The number of hydrogen-bond donors (Lipinski definition) is 2. The Hall–Kier alpha value is -4.46. The molecule has 0 radical (unpaired) electrons. The molecule has 1 amide bonds. The number of carbonyl (C=O) groups excluding carboxylic acids is 1. The molecule has 3 heterocycles. The predicted molar refractivity (Wildman–Crippen MR) is 163 cm³/mol. The van der Waals surface area contributed by atoms with E-state index in [1.807, 2.05) is 18.2 Å². The van der Waals surface area contributed by atoms with Crippen LogP contribution in [0.5, 0.6) is 5.75 Å². The highest BCUT2D eigenvalue weighted by molar-refractivity contribution is 6.06. The number of nitriles is 1. The van der Waals surface area contributed by atoms with E-state index in [1.165, 1.54) is 19.2 Å². The van der Waals surface area contributed by atoms with Crippen molar-refractivity contribution in [2.75, 3.05) is 51.4 Å². The molecule has 216 valence electrons. The first-order chi connectivity index (χ1) is 20.4. The second kappa shape index (κ2) is 11.8. The van der Waals surface area contributed by atoms with Crippen LogP contribution in [-0.4, -0.2) is 76.6 Å². The van der Waals surface area contributed by atoms with Gasteiger partial charge in [0.2, 0.25) is 0 Å². The lowest BCUT2D eigenvalue weighted by Gasteiger charge is -2.41. The van der Waals surface area contributed by atoms with E-state index in [0.717, 1.165) is 61.2 Å². The van der Waals surface area contributed by atoms with Gasteiger partial charge in [0.1, 0.15) is 23.5 Å². The van der Waals surface area contributed by atoms with E-state index in [2.05, 4.69) is 49.0 Å². The lowest BCUT2D eigenvalue weighted by molar-refractivity contribution is 0.0828. The SMILES string of the molecule is COc1cc(-c2cn(C3CCC(N4CCN(C)CC4)CC3)c3ncnc(N)c23)ccc1NC(=O)c1ccc(C#N)cc1. The first-order valence-corrected chi connectivity index (χ1v) is 14.5. The van der Waals surface area contributed by atoms with E-state index >= 15 is 0 Å². The standard InChI is InChI=1S/C32H36N8O2/c1-38-13-15-39(16-14-38)24-8-10-25(11-9-24)40-19-26(29-30(34)35-20-36-31(29)40)23-7-12-27(28(17-23)42-2)37-32(41)22-5-3-21(18-33)4-6-22/h3-7,12,17,19-20,24-25H,8-11,13-16H2,1-2H3,(H,37,41)(H2,34,35,36). The van der Waals surface area contributed by atoms with Gasteiger partial charge in [0.25, 0.3) is 5.91 Å². The summed E-state index contributed by atoms with van der Waals surface area (Å²) in [5.74, 6) is 0.683. The minimum absolute atomic E-state index is 0.285. The van der Waals surface area contributed by atoms with Crippen LogP contribution >= 0.6 is 0 Å². The van der Waals surface area contributed by atoms with Gasteiger partial charge in [-0.15, -0.1) is 0 Å². The van der Waals surface area contributed by atoms with Crippen LogP contribution in [0, 0.1) is 11.3 Å². The van der Waals surface area contributed by atoms with E-state index in [0.29, 0.717) is 40.5 Å². The fourth-order valence-corrected chi connectivity index (χ4v) is 6.35. The van der Waals surface area contributed by atoms with Crippen LogP contribution in [-0.2, 0) is 0 Å². The van der Waals surface area contributed by atoms with Crippen molar-refractivity contribution in [3.8, 4) is 22.9 Å². The summed E-state index contributed by atoms with van der Waals surface area (Å²) in [5, 5.41) is 12.8. The zero-order chi connectivity index (χ0) is 29.2. The molecule has 6 rings (SSSR count). The number of rotatable bonds is 6. The van der Waals surface area contributed by atoms with Crippen molar-refractivity contribution in [2.45, 2.75) is 37.8 Å². The maximum absolute atomic E-state index is 12.9. The highest BCUT2D eigenvalue weighted by Gasteiger charge is 2.30. The van der Waals surface area contributed by atoms with Gasteiger partial charge in [0.15, 0.2) is 0 Å². The number of benzene rings is 2. The number of fused-ring (bicyclic) bond motifs is 1. The third kappa shape index (κ3) is 5.41. The Bertz CT molecular complexity index is 1630. The number of anilines is 2. The number of likely N-dealkylation sites (N-methyl/N-ethyl adjacent to an activating group) is 1. The number of carbonyl (C=O) groups is 1. The molecule has 1 aliphatic carbocycles. The average molecular weight is 565 g/mol. The summed E-state index contributed by atoms with van der Waals surface area (Å²) in [7, 11) is 3.78. The van der Waals surface area contributed by atoms with Gasteiger partial charge in [-0.05, 0) is 74.7 Å². The Morgan fingerprint density at radius 3 is 2.43 bits per heavy atom. The van der Waals surface area contributed by atoms with Gasteiger partial charge in [-0.1, -0.05) is 6.07 Å². The van der Waals surface area contributed by atoms with Gasteiger partial charge in [-0.2, -0.15) is 5.26 Å². The second-order valence-electron chi connectivity index (χ2n) is 11.3. The number of methoxy groups -OCH3 is 1. The highest BCUT2D eigenvalue weighted by Crippen LogP contribution is 2.40. The summed E-state index contributed by atoms with van der Waals surface area (Å²) >= 11 is 0. The molecule has 2 aromatic carbocycles. The number of amides is 1. The number of piperazine rings is 1. The van der Waals surface area contributed by atoms with E-state index in [-0.39, 0.29) is 5.91 Å². The van der Waals surface area contributed by atoms with Gasteiger partial charge in [0, 0.05) is 55.6 Å².